The first-order valence-electron chi connectivity index (χ1n) is 5.25. The van der Waals surface area contributed by atoms with Gasteiger partial charge in [0, 0.05) is 24.0 Å². The van der Waals surface area contributed by atoms with Crippen molar-refractivity contribution >= 4 is 38.2 Å². The predicted molar refractivity (Wildman–Crippen MR) is 68.8 cm³/mol. The molecular formula is C10H11BrN2O3S. The van der Waals surface area contributed by atoms with Crippen molar-refractivity contribution in [2.75, 3.05) is 13.1 Å². The van der Waals surface area contributed by atoms with Gasteiger partial charge in [-0.05, 0) is 18.9 Å². The molecule has 1 saturated heterocycles. The maximum Gasteiger partial charge on any atom is 0.324 e. The minimum atomic E-state index is -0.466. The van der Waals surface area contributed by atoms with Crippen molar-refractivity contribution < 1.29 is 9.72 Å². The number of likely N-dealkylation sites (tertiary alicyclic amines) is 1. The molecule has 0 unspecified atom stereocenters. The van der Waals surface area contributed by atoms with E-state index in [4.69, 9.17) is 0 Å². The monoisotopic (exact) mass is 318 g/mol. The minimum absolute atomic E-state index is 0.0173. The van der Waals surface area contributed by atoms with Crippen LogP contribution in [0.15, 0.2) is 12.1 Å². The normalized spacial score (nSPS) is 17.1. The Labute approximate surface area is 111 Å². The molecule has 0 bridgehead atoms. The number of amides is 1. The van der Waals surface area contributed by atoms with Crippen molar-refractivity contribution in [1.29, 1.82) is 0 Å². The maximum absolute atomic E-state index is 12.0. The van der Waals surface area contributed by atoms with Crippen LogP contribution in [0.25, 0.3) is 0 Å². The fourth-order valence-electron chi connectivity index (χ4n) is 1.75. The van der Waals surface area contributed by atoms with Crippen LogP contribution in [0.3, 0.4) is 0 Å². The molecular weight excluding hydrogens is 308 g/mol. The summed E-state index contributed by atoms with van der Waals surface area (Å²) >= 11 is 4.46. The van der Waals surface area contributed by atoms with Crippen LogP contribution in [0.5, 0.6) is 0 Å². The van der Waals surface area contributed by atoms with Crippen LogP contribution in [-0.2, 0) is 0 Å². The van der Waals surface area contributed by atoms with E-state index in [1.54, 1.807) is 4.90 Å². The largest absolute Gasteiger partial charge is 0.338 e. The van der Waals surface area contributed by atoms with E-state index in [2.05, 4.69) is 15.9 Å². The van der Waals surface area contributed by atoms with E-state index >= 15 is 0 Å². The fourth-order valence-corrected chi connectivity index (χ4v) is 2.95. The number of carbonyl (C=O) groups is 1. The van der Waals surface area contributed by atoms with Crippen LogP contribution in [0.4, 0.5) is 5.00 Å². The van der Waals surface area contributed by atoms with Gasteiger partial charge in [0.1, 0.15) is 0 Å². The number of halogens is 1. The maximum atomic E-state index is 12.0. The number of alkyl halides is 1. The molecule has 2 rings (SSSR count). The van der Waals surface area contributed by atoms with Gasteiger partial charge in [0.25, 0.3) is 5.91 Å². The fraction of sp³-hybridized carbons (Fsp3) is 0.500. The average molecular weight is 319 g/mol. The second-order valence-corrected chi connectivity index (χ2v) is 6.22. The molecule has 7 heteroatoms. The molecule has 1 aliphatic rings. The van der Waals surface area contributed by atoms with E-state index in [0.717, 1.165) is 24.2 Å². The molecule has 1 aromatic rings. The number of hydrogen-bond donors (Lipinski definition) is 0. The summed E-state index contributed by atoms with van der Waals surface area (Å²) in [4.78, 5) is 24.8. The first-order valence-corrected chi connectivity index (χ1v) is 6.98. The third-order valence-electron chi connectivity index (χ3n) is 2.69. The van der Waals surface area contributed by atoms with Gasteiger partial charge in [-0.3, -0.25) is 14.9 Å². The molecule has 0 saturated carbocycles. The lowest BCUT2D eigenvalue weighted by Gasteiger charge is -2.29. The Hall–Kier alpha value is -0.950. The molecule has 0 radical (unpaired) electrons. The van der Waals surface area contributed by atoms with Gasteiger partial charge >= 0.3 is 5.00 Å². The predicted octanol–water partition coefficient (Wildman–Crippen LogP) is 2.66. The average Bonchev–Trinajstić information content (AvgIpc) is 2.78. The van der Waals surface area contributed by atoms with Gasteiger partial charge in [0.05, 0.1) is 9.80 Å². The lowest BCUT2D eigenvalue weighted by atomic mass is 10.1. The quantitative estimate of drug-likeness (QED) is 0.478. The van der Waals surface area contributed by atoms with Gasteiger partial charge in [-0.15, -0.1) is 0 Å². The number of piperidine rings is 1. The molecule has 1 amide bonds. The molecule has 17 heavy (non-hydrogen) atoms. The van der Waals surface area contributed by atoms with Crippen molar-refractivity contribution in [3.8, 4) is 0 Å². The third kappa shape index (κ3) is 2.84. The topological polar surface area (TPSA) is 63.4 Å². The number of thiophene rings is 1. The van der Waals surface area contributed by atoms with Gasteiger partial charge < -0.3 is 4.90 Å². The highest BCUT2D eigenvalue weighted by atomic mass is 79.9. The highest BCUT2D eigenvalue weighted by molar-refractivity contribution is 9.09. The zero-order chi connectivity index (χ0) is 12.4. The van der Waals surface area contributed by atoms with Gasteiger partial charge in [0.15, 0.2) is 0 Å². The molecule has 0 spiro atoms. The molecule has 0 atom stereocenters. The summed E-state index contributed by atoms with van der Waals surface area (Å²) in [6.07, 6.45) is 1.86. The van der Waals surface area contributed by atoms with E-state index in [0.29, 0.717) is 22.8 Å². The number of carbonyl (C=O) groups excluding carboxylic acids is 1. The number of nitro groups is 1. The molecule has 1 aromatic heterocycles. The summed E-state index contributed by atoms with van der Waals surface area (Å²) < 4.78 is 0. The Kier molecular flexibility index (Phi) is 3.78. The first kappa shape index (κ1) is 12.5. The summed E-state index contributed by atoms with van der Waals surface area (Å²) in [5, 5.41) is 10.6. The lowest BCUT2D eigenvalue weighted by Crippen LogP contribution is -2.38. The number of nitrogens with zero attached hydrogens (tertiary/aromatic N) is 2. The number of hydrogen-bond acceptors (Lipinski definition) is 4. The van der Waals surface area contributed by atoms with E-state index in [9.17, 15) is 14.9 Å². The summed E-state index contributed by atoms with van der Waals surface area (Å²) in [6, 6.07) is 2.92. The van der Waals surface area contributed by atoms with Crippen LogP contribution in [0.2, 0.25) is 0 Å². The summed E-state index contributed by atoms with van der Waals surface area (Å²) in [5.74, 6) is -0.0949. The smallest absolute Gasteiger partial charge is 0.324 e. The highest BCUT2D eigenvalue weighted by Gasteiger charge is 2.24. The zero-order valence-electron chi connectivity index (χ0n) is 8.97. The van der Waals surface area contributed by atoms with Crippen LogP contribution in [0, 0.1) is 10.1 Å². The van der Waals surface area contributed by atoms with Gasteiger partial charge in [-0.2, -0.15) is 0 Å². The Morgan fingerprint density at radius 3 is 2.65 bits per heavy atom. The standard InChI is InChI=1S/C10H11BrN2O3S/c11-7-3-5-12(6-4-7)10(14)8-1-2-9(17-8)13(15)16/h1-2,7H,3-6H2. The highest BCUT2D eigenvalue weighted by Crippen LogP contribution is 2.26. The Morgan fingerprint density at radius 2 is 2.12 bits per heavy atom. The second kappa shape index (κ2) is 5.14. The molecule has 1 fully saturated rings. The van der Waals surface area contributed by atoms with Crippen molar-refractivity contribution in [2.24, 2.45) is 0 Å². The second-order valence-electron chi connectivity index (χ2n) is 3.86. The van der Waals surface area contributed by atoms with Gasteiger partial charge in [-0.1, -0.05) is 27.3 Å². The zero-order valence-corrected chi connectivity index (χ0v) is 11.4. The molecule has 0 aromatic carbocycles. The summed E-state index contributed by atoms with van der Waals surface area (Å²) in [7, 11) is 0. The SMILES string of the molecule is O=C(c1ccc([N+](=O)[O-])s1)N1CCC(Br)CC1. The van der Waals surface area contributed by atoms with Crippen LogP contribution in [-0.4, -0.2) is 33.6 Å². The van der Waals surface area contributed by atoms with E-state index in [1.807, 2.05) is 0 Å². The van der Waals surface area contributed by atoms with Crippen molar-refractivity contribution in [3.05, 3.63) is 27.1 Å². The summed E-state index contributed by atoms with van der Waals surface area (Å²) in [6.45, 7) is 1.42. The van der Waals surface area contributed by atoms with Gasteiger partial charge in [-0.25, -0.2) is 0 Å². The molecule has 0 aliphatic carbocycles. The first-order chi connectivity index (χ1) is 8.08. The summed E-state index contributed by atoms with van der Waals surface area (Å²) in [5.41, 5.74) is 0. The van der Waals surface area contributed by atoms with Crippen LogP contribution >= 0.6 is 27.3 Å². The van der Waals surface area contributed by atoms with Crippen molar-refractivity contribution in [1.82, 2.24) is 4.90 Å². The molecule has 0 N–H and O–H groups in total. The van der Waals surface area contributed by atoms with E-state index in [1.165, 1.54) is 12.1 Å². The van der Waals surface area contributed by atoms with Crippen LogP contribution < -0.4 is 0 Å². The molecule has 5 nitrogen and oxygen atoms in total. The number of rotatable bonds is 2. The minimum Gasteiger partial charge on any atom is -0.338 e. The van der Waals surface area contributed by atoms with Crippen LogP contribution in [0.1, 0.15) is 22.5 Å². The Balaban J connectivity index is 2.06. The van der Waals surface area contributed by atoms with Crippen molar-refractivity contribution in [3.63, 3.8) is 0 Å². The lowest BCUT2D eigenvalue weighted by molar-refractivity contribution is -0.380. The molecule has 92 valence electrons. The Bertz CT molecular complexity index is 441. The Morgan fingerprint density at radius 1 is 1.47 bits per heavy atom. The van der Waals surface area contributed by atoms with Gasteiger partial charge in [0.2, 0.25) is 0 Å². The molecule has 2 heterocycles. The van der Waals surface area contributed by atoms with E-state index < -0.39 is 4.92 Å². The van der Waals surface area contributed by atoms with Crippen molar-refractivity contribution in [2.45, 2.75) is 17.7 Å². The van der Waals surface area contributed by atoms with E-state index in [-0.39, 0.29) is 10.9 Å². The molecule has 1 aliphatic heterocycles. The third-order valence-corrected chi connectivity index (χ3v) is 4.63.